The van der Waals surface area contributed by atoms with Gasteiger partial charge in [0.1, 0.15) is 11.3 Å². The first kappa shape index (κ1) is 14.1. The van der Waals surface area contributed by atoms with Gasteiger partial charge in [0, 0.05) is 17.6 Å². The van der Waals surface area contributed by atoms with E-state index >= 15 is 0 Å². The van der Waals surface area contributed by atoms with E-state index in [2.05, 4.69) is 20.6 Å². The van der Waals surface area contributed by atoms with Gasteiger partial charge in [-0.05, 0) is 19.9 Å². The summed E-state index contributed by atoms with van der Waals surface area (Å²) in [7, 11) is 1.58. The number of anilines is 1. The molecular weight excluding hydrogens is 282 g/mol. The fraction of sp³-hybridized carbons (Fsp3) is 0.267. The molecule has 0 saturated carbocycles. The molecule has 3 aromatic rings. The van der Waals surface area contributed by atoms with Gasteiger partial charge >= 0.3 is 0 Å². The van der Waals surface area contributed by atoms with E-state index in [4.69, 9.17) is 4.74 Å². The molecule has 0 fully saturated rings. The normalized spacial score (nSPS) is 11.1. The zero-order valence-corrected chi connectivity index (χ0v) is 12.6. The van der Waals surface area contributed by atoms with Crippen LogP contribution in [-0.4, -0.2) is 33.0 Å². The third-order valence-corrected chi connectivity index (χ3v) is 3.38. The number of carbonyl (C=O) groups is 1. The molecule has 0 bridgehead atoms. The lowest BCUT2D eigenvalue weighted by atomic mass is 10.2. The number of benzene rings is 1. The molecule has 0 atom stereocenters. The highest BCUT2D eigenvalue weighted by molar-refractivity contribution is 6.11. The Bertz CT molecular complexity index is 818. The minimum atomic E-state index is -0.289. The average Bonchev–Trinajstić information content (AvgIpc) is 3.13. The predicted molar refractivity (Wildman–Crippen MR) is 83.2 cm³/mol. The van der Waals surface area contributed by atoms with Crippen molar-refractivity contribution >= 4 is 22.5 Å². The molecule has 2 N–H and O–H groups in total. The summed E-state index contributed by atoms with van der Waals surface area (Å²) >= 11 is 0. The van der Waals surface area contributed by atoms with Crippen molar-refractivity contribution in [1.29, 1.82) is 0 Å². The Hall–Kier alpha value is -2.83. The molecule has 2 aromatic heterocycles. The van der Waals surface area contributed by atoms with Crippen LogP contribution in [0.25, 0.3) is 10.9 Å². The number of para-hydroxylation sites is 1. The highest BCUT2D eigenvalue weighted by Gasteiger charge is 2.17. The fourth-order valence-corrected chi connectivity index (χ4v) is 2.23. The number of nitrogens with zero attached hydrogens (tertiary/aromatic N) is 3. The van der Waals surface area contributed by atoms with E-state index in [-0.39, 0.29) is 11.9 Å². The molecule has 2 heterocycles. The third-order valence-electron chi connectivity index (χ3n) is 3.38. The SMILES string of the molecule is COc1cccc2c(C(=O)Nc3cnn(C(C)C)c3)n[nH]c12. The molecule has 0 unspecified atom stereocenters. The number of rotatable bonds is 4. The molecule has 7 nitrogen and oxygen atoms in total. The van der Waals surface area contributed by atoms with Crippen LogP contribution in [0.5, 0.6) is 5.75 Å². The van der Waals surface area contributed by atoms with E-state index in [1.54, 1.807) is 24.2 Å². The average molecular weight is 299 g/mol. The zero-order valence-electron chi connectivity index (χ0n) is 12.6. The van der Waals surface area contributed by atoms with E-state index in [9.17, 15) is 4.79 Å². The second-order valence-corrected chi connectivity index (χ2v) is 5.21. The zero-order chi connectivity index (χ0) is 15.7. The van der Waals surface area contributed by atoms with Crippen molar-refractivity contribution in [1.82, 2.24) is 20.0 Å². The van der Waals surface area contributed by atoms with Crippen molar-refractivity contribution in [2.24, 2.45) is 0 Å². The maximum atomic E-state index is 12.4. The van der Waals surface area contributed by atoms with Crippen LogP contribution in [0.2, 0.25) is 0 Å². The number of carbonyl (C=O) groups excluding carboxylic acids is 1. The van der Waals surface area contributed by atoms with Gasteiger partial charge < -0.3 is 10.1 Å². The maximum Gasteiger partial charge on any atom is 0.276 e. The number of hydrogen-bond donors (Lipinski definition) is 2. The van der Waals surface area contributed by atoms with Crippen LogP contribution in [0, 0.1) is 0 Å². The number of aromatic amines is 1. The van der Waals surface area contributed by atoms with Gasteiger partial charge in [0.15, 0.2) is 5.69 Å². The van der Waals surface area contributed by atoms with Crippen LogP contribution < -0.4 is 10.1 Å². The summed E-state index contributed by atoms with van der Waals surface area (Å²) in [5.74, 6) is 0.361. The van der Waals surface area contributed by atoms with Crippen LogP contribution in [0.4, 0.5) is 5.69 Å². The van der Waals surface area contributed by atoms with Crippen LogP contribution in [0.3, 0.4) is 0 Å². The second-order valence-electron chi connectivity index (χ2n) is 5.21. The minimum absolute atomic E-state index is 0.237. The largest absolute Gasteiger partial charge is 0.494 e. The van der Waals surface area contributed by atoms with Gasteiger partial charge in [0.05, 0.1) is 19.0 Å². The first-order valence-electron chi connectivity index (χ1n) is 6.96. The Balaban J connectivity index is 1.89. The van der Waals surface area contributed by atoms with Gasteiger partial charge in [-0.15, -0.1) is 0 Å². The molecule has 22 heavy (non-hydrogen) atoms. The first-order chi connectivity index (χ1) is 10.6. The number of hydrogen-bond acceptors (Lipinski definition) is 4. The Morgan fingerprint density at radius 3 is 2.91 bits per heavy atom. The minimum Gasteiger partial charge on any atom is -0.494 e. The lowest BCUT2D eigenvalue weighted by Gasteiger charge is -2.03. The monoisotopic (exact) mass is 299 g/mol. The van der Waals surface area contributed by atoms with Gasteiger partial charge in [-0.2, -0.15) is 10.2 Å². The first-order valence-corrected chi connectivity index (χ1v) is 6.96. The lowest BCUT2D eigenvalue weighted by Crippen LogP contribution is -2.12. The summed E-state index contributed by atoms with van der Waals surface area (Å²) in [4.78, 5) is 12.4. The van der Waals surface area contributed by atoms with Crippen molar-refractivity contribution in [2.45, 2.75) is 19.9 Å². The highest BCUT2D eigenvalue weighted by Crippen LogP contribution is 2.25. The number of nitrogens with one attached hydrogen (secondary N) is 2. The molecular formula is C15H17N5O2. The van der Waals surface area contributed by atoms with Gasteiger partial charge in [-0.25, -0.2) is 0 Å². The van der Waals surface area contributed by atoms with Crippen LogP contribution in [0.15, 0.2) is 30.6 Å². The molecule has 1 amide bonds. The summed E-state index contributed by atoms with van der Waals surface area (Å²) < 4.78 is 7.03. The second kappa shape index (κ2) is 5.51. The van der Waals surface area contributed by atoms with E-state index in [0.29, 0.717) is 28.0 Å². The summed E-state index contributed by atoms with van der Waals surface area (Å²) in [5.41, 5.74) is 1.66. The van der Waals surface area contributed by atoms with Gasteiger partial charge in [0.2, 0.25) is 0 Å². The number of methoxy groups -OCH3 is 1. The highest BCUT2D eigenvalue weighted by atomic mass is 16.5. The Morgan fingerprint density at radius 2 is 2.23 bits per heavy atom. The Kier molecular flexibility index (Phi) is 3.54. The number of fused-ring (bicyclic) bond motifs is 1. The van der Waals surface area contributed by atoms with Gasteiger partial charge in [-0.1, -0.05) is 12.1 Å². The molecule has 114 valence electrons. The molecule has 0 spiro atoms. The van der Waals surface area contributed by atoms with E-state index in [1.165, 1.54) is 0 Å². The third kappa shape index (κ3) is 2.41. The summed E-state index contributed by atoms with van der Waals surface area (Å²) in [6.07, 6.45) is 3.41. The quantitative estimate of drug-likeness (QED) is 0.775. The topological polar surface area (TPSA) is 84.8 Å². The predicted octanol–water partition coefficient (Wildman–Crippen LogP) is 2.60. The molecule has 1 aromatic carbocycles. The number of H-pyrrole nitrogens is 1. The van der Waals surface area contributed by atoms with E-state index in [1.807, 2.05) is 32.0 Å². The molecule has 0 radical (unpaired) electrons. The fourth-order valence-electron chi connectivity index (χ4n) is 2.23. The van der Waals surface area contributed by atoms with Gasteiger partial charge in [0.25, 0.3) is 5.91 Å². The standard InChI is InChI=1S/C15H17N5O2/c1-9(2)20-8-10(7-16-20)17-15(21)14-11-5-4-6-12(22-3)13(11)18-19-14/h4-9H,1-3H3,(H,17,21)(H,18,19). The van der Waals surface area contributed by atoms with Crippen molar-refractivity contribution in [3.63, 3.8) is 0 Å². The van der Waals surface area contributed by atoms with Crippen molar-refractivity contribution in [3.8, 4) is 5.75 Å². The lowest BCUT2D eigenvalue weighted by molar-refractivity contribution is 0.102. The molecule has 7 heteroatoms. The van der Waals surface area contributed by atoms with Gasteiger partial charge in [-0.3, -0.25) is 14.6 Å². The molecule has 3 rings (SSSR count). The number of amides is 1. The van der Waals surface area contributed by atoms with Crippen LogP contribution >= 0.6 is 0 Å². The van der Waals surface area contributed by atoms with Crippen molar-refractivity contribution in [2.75, 3.05) is 12.4 Å². The van der Waals surface area contributed by atoms with Crippen LogP contribution in [0.1, 0.15) is 30.4 Å². The number of ether oxygens (including phenoxy) is 1. The Labute approximate surface area is 127 Å². The molecule has 0 aliphatic carbocycles. The summed E-state index contributed by atoms with van der Waals surface area (Å²) in [5, 5.41) is 14.7. The smallest absolute Gasteiger partial charge is 0.276 e. The molecule has 0 aliphatic rings. The van der Waals surface area contributed by atoms with E-state index in [0.717, 1.165) is 0 Å². The molecule has 0 aliphatic heterocycles. The van der Waals surface area contributed by atoms with E-state index < -0.39 is 0 Å². The number of aromatic nitrogens is 4. The van der Waals surface area contributed by atoms with Crippen molar-refractivity contribution in [3.05, 3.63) is 36.3 Å². The maximum absolute atomic E-state index is 12.4. The summed E-state index contributed by atoms with van der Waals surface area (Å²) in [6, 6.07) is 5.70. The van der Waals surface area contributed by atoms with Crippen LogP contribution in [-0.2, 0) is 0 Å². The van der Waals surface area contributed by atoms with Crippen molar-refractivity contribution < 1.29 is 9.53 Å². The molecule has 0 saturated heterocycles. The summed E-state index contributed by atoms with van der Waals surface area (Å²) in [6.45, 7) is 4.04. The Morgan fingerprint density at radius 1 is 1.41 bits per heavy atom.